The Bertz CT molecular complexity index is 1740. The number of allylic oxidation sites excluding steroid dienone is 1. The Hall–Kier alpha value is -3.85. The Labute approximate surface area is 309 Å². The molecule has 52 heavy (non-hydrogen) atoms. The highest BCUT2D eigenvalue weighted by Gasteiger charge is 2.62. The average Bonchev–Trinajstić information content (AvgIpc) is 3.99. The van der Waals surface area contributed by atoms with Crippen molar-refractivity contribution in [1.29, 1.82) is 0 Å². The maximum atomic E-state index is 14.3. The van der Waals surface area contributed by atoms with Gasteiger partial charge in [-0.25, -0.2) is 18.0 Å². The molecule has 3 heterocycles. The van der Waals surface area contributed by atoms with Crippen molar-refractivity contribution in [2.75, 3.05) is 13.1 Å². The number of amides is 5. The first kappa shape index (κ1) is 37.9. The fraction of sp³-hybridized carbons (Fsp3) is 0.639. The zero-order chi connectivity index (χ0) is 37.4. The van der Waals surface area contributed by atoms with E-state index in [9.17, 15) is 32.4 Å². The van der Waals surface area contributed by atoms with E-state index in [0.717, 1.165) is 24.0 Å². The standard InChI is InChI=1S/C36H48ClN5O9S/c1-35(2,3)51-33(46)38-28-10-8-6-4-5-7-9-24-19-36(24,32(45)40-52(48,49)27-13-14-27)39-30(43)29-18-26(21-42(29)31(28)44)50-34(47)41-16-15-22-11-12-25(37)17-23(22)20-41/h7,9,11-12,17,24,26-29H,4-6,8,10,13-16,18-21H2,1-3H3,(H,38,46)(H,39,43)(H,40,45)/t24-,26-,28-,29+,36-/m1/s1. The average molecular weight is 762 g/mol. The topological polar surface area (TPSA) is 181 Å². The van der Waals surface area contributed by atoms with Crippen molar-refractivity contribution in [3.05, 3.63) is 46.5 Å². The van der Waals surface area contributed by atoms with E-state index in [4.69, 9.17) is 21.1 Å². The number of carbonyl (C=O) groups is 5. The third-order valence-electron chi connectivity index (χ3n) is 10.2. The minimum absolute atomic E-state index is 0.0721. The second-order valence-corrected chi connectivity index (χ2v) is 17.9. The number of nitrogens with zero attached hydrogens (tertiary/aromatic N) is 2. The molecule has 1 aromatic carbocycles. The molecule has 3 N–H and O–H groups in total. The summed E-state index contributed by atoms with van der Waals surface area (Å²) in [6, 6.07) is 3.32. The van der Waals surface area contributed by atoms with Crippen molar-refractivity contribution >= 4 is 51.5 Å². The number of hydrogen-bond acceptors (Lipinski definition) is 9. The summed E-state index contributed by atoms with van der Waals surface area (Å²) in [7, 11) is -3.90. The molecule has 284 valence electrons. The summed E-state index contributed by atoms with van der Waals surface area (Å²) < 4.78 is 39.1. The smallest absolute Gasteiger partial charge is 0.410 e. The van der Waals surface area contributed by atoms with Gasteiger partial charge in [0.25, 0.3) is 5.91 Å². The molecule has 14 nitrogen and oxygen atoms in total. The van der Waals surface area contributed by atoms with Gasteiger partial charge in [0, 0.05) is 30.5 Å². The third-order valence-corrected chi connectivity index (χ3v) is 12.3. The lowest BCUT2D eigenvalue weighted by atomic mass is 10.0. The molecule has 3 aliphatic heterocycles. The summed E-state index contributed by atoms with van der Waals surface area (Å²) in [5.74, 6) is -2.51. The summed E-state index contributed by atoms with van der Waals surface area (Å²) in [5.41, 5.74) is -0.365. The van der Waals surface area contributed by atoms with Crippen LogP contribution in [0.4, 0.5) is 9.59 Å². The van der Waals surface area contributed by atoms with E-state index < -0.39 is 80.4 Å². The molecule has 5 atom stereocenters. The van der Waals surface area contributed by atoms with Gasteiger partial charge in [0.15, 0.2) is 0 Å². The van der Waals surface area contributed by atoms with Crippen molar-refractivity contribution in [2.45, 2.75) is 126 Å². The zero-order valence-corrected chi connectivity index (χ0v) is 31.4. The Morgan fingerprint density at radius 3 is 2.56 bits per heavy atom. The number of fused-ring (bicyclic) bond motifs is 3. The molecule has 5 amide bonds. The Kier molecular flexibility index (Phi) is 10.8. The molecule has 2 saturated carbocycles. The van der Waals surface area contributed by atoms with Crippen LogP contribution in [0, 0.1) is 5.92 Å². The van der Waals surface area contributed by atoms with Crippen LogP contribution in [-0.2, 0) is 46.8 Å². The van der Waals surface area contributed by atoms with E-state index in [2.05, 4.69) is 15.4 Å². The lowest BCUT2D eigenvalue weighted by Gasteiger charge is -2.30. The van der Waals surface area contributed by atoms with Crippen molar-refractivity contribution in [2.24, 2.45) is 5.92 Å². The number of sulfonamides is 1. The van der Waals surface area contributed by atoms with E-state index in [1.54, 1.807) is 31.7 Å². The lowest BCUT2D eigenvalue weighted by molar-refractivity contribution is -0.141. The largest absolute Gasteiger partial charge is 0.444 e. The molecular formula is C36H48ClN5O9S. The summed E-state index contributed by atoms with van der Waals surface area (Å²) >= 11 is 6.20. The molecule has 0 bridgehead atoms. The second kappa shape index (κ2) is 14.9. The third kappa shape index (κ3) is 8.84. The number of nitrogens with one attached hydrogen (secondary N) is 3. The molecule has 2 aliphatic carbocycles. The van der Waals surface area contributed by atoms with E-state index in [1.165, 1.54) is 4.90 Å². The first-order valence-corrected chi connectivity index (χ1v) is 20.0. The van der Waals surface area contributed by atoms with Crippen LogP contribution in [0.15, 0.2) is 30.4 Å². The van der Waals surface area contributed by atoms with Crippen LogP contribution in [0.5, 0.6) is 0 Å². The van der Waals surface area contributed by atoms with Gasteiger partial charge in [-0.15, -0.1) is 0 Å². The highest BCUT2D eigenvalue weighted by molar-refractivity contribution is 7.91. The molecule has 16 heteroatoms. The monoisotopic (exact) mass is 761 g/mol. The van der Waals surface area contributed by atoms with E-state index in [1.807, 2.05) is 24.3 Å². The Morgan fingerprint density at radius 1 is 1.06 bits per heavy atom. The van der Waals surface area contributed by atoms with Crippen LogP contribution in [0.1, 0.15) is 89.7 Å². The molecule has 5 aliphatic rings. The molecule has 6 rings (SSSR count). The molecule has 0 unspecified atom stereocenters. The van der Waals surface area contributed by atoms with Crippen LogP contribution in [0.2, 0.25) is 5.02 Å². The fourth-order valence-electron chi connectivity index (χ4n) is 7.20. The minimum Gasteiger partial charge on any atom is -0.444 e. The lowest BCUT2D eigenvalue weighted by Crippen LogP contribution is -2.58. The summed E-state index contributed by atoms with van der Waals surface area (Å²) in [6.45, 7) is 5.68. The molecule has 1 aromatic rings. The molecule has 0 spiro atoms. The molecular weight excluding hydrogens is 714 g/mol. The van der Waals surface area contributed by atoms with Crippen molar-refractivity contribution in [3.8, 4) is 0 Å². The highest BCUT2D eigenvalue weighted by Crippen LogP contribution is 2.46. The maximum Gasteiger partial charge on any atom is 0.410 e. The highest BCUT2D eigenvalue weighted by atomic mass is 35.5. The predicted molar refractivity (Wildman–Crippen MR) is 190 cm³/mol. The molecule has 0 radical (unpaired) electrons. The van der Waals surface area contributed by atoms with E-state index in [-0.39, 0.29) is 32.4 Å². The Morgan fingerprint density at radius 2 is 1.83 bits per heavy atom. The van der Waals surface area contributed by atoms with Gasteiger partial charge in [-0.1, -0.05) is 42.7 Å². The van der Waals surface area contributed by atoms with E-state index in [0.29, 0.717) is 43.7 Å². The van der Waals surface area contributed by atoms with Crippen LogP contribution in [-0.4, -0.2) is 95.8 Å². The first-order chi connectivity index (χ1) is 24.5. The predicted octanol–water partition coefficient (Wildman–Crippen LogP) is 3.70. The fourth-order valence-corrected chi connectivity index (χ4v) is 8.75. The molecule has 0 aromatic heterocycles. The van der Waals surface area contributed by atoms with Crippen LogP contribution in [0.3, 0.4) is 0 Å². The van der Waals surface area contributed by atoms with Gasteiger partial charge in [-0.05, 0) is 89.0 Å². The number of benzene rings is 1. The summed E-state index contributed by atoms with van der Waals surface area (Å²) in [6.07, 6.45) is 6.19. The van der Waals surface area contributed by atoms with Gasteiger partial charge in [0.1, 0.15) is 29.3 Å². The van der Waals surface area contributed by atoms with E-state index >= 15 is 0 Å². The van der Waals surface area contributed by atoms with Gasteiger partial charge < -0.3 is 29.9 Å². The van der Waals surface area contributed by atoms with Gasteiger partial charge in [0.05, 0.1) is 11.8 Å². The number of ether oxygens (including phenoxy) is 2. The summed E-state index contributed by atoms with van der Waals surface area (Å²) in [5, 5.41) is 5.42. The number of carbonyl (C=O) groups excluding carboxylic acids is 5. The summed E-state index contributed by atoms with van der Waals surface area (Å²) in [4.78, 5) is 71.4. The van der Waals surface area contributed by atoms with Crippen LogP contribution in [0.25, 0.3) is 0 Å². The SMILES string of the molecule is CC(C)(C)OC(=O)N[C@@H]1CCCCCC=C[C@@H]2C[C@@]2(C(=O)NS(=O)(=O)C2CC2)NC(=O)[C@@H]2C[C@@H](OC(=O)N3CCc4ccc(Cl)cc4C3)CN2C1=O. The first-order valence-electron chi connectivity index (χ1n) is 18.1. The van der Waals surface area contributed by atoms with Crippen LogP contribution >= 0.6 is 11.6 Å². The van der Waals surface area contributed by atoms with Gasteiger partial charge in [-0.2, -0.15) is 0 Å². The van der Waals surface area contributed by atoms with Gasteiger partial charge in [0.2, 0.25) is 21.8 Å². The number of hydrogen-bond donors (Lipinski definition) is 3. The van der Waals surface area contributed by atoms with Crippen LogP contribution < -0.4 is 15.4 Å². The van der Waals surface area contributed by atoms with Crippen molar-refractivity contribution in [3.63, 3.8) is 0 Å². The normalized spacial score (nSPS) is 28.2. The van der Waals surface area contributed by atoms with Gasteiger partial charge in [-0.3, -0.25) is 19.1 Å². The molecule has 3 fully saturated rings. The minimum atomic E-state index is -3.90. The van der Waals surface area contributed by atoms with Gasteiger partial charge >= 0.3 is 12.2 Å². The zero-order valence-electron chi connectivity index (χ0n) is 29.8. The Balaban J connectivity index is 1.25. The molecule has 1 saturated heterocycles. The van der Waals surface area contributed by atoms with Crippen molar-refractivity contribution in [1.82, 2.24) is 25.2 Å². The maximum absolute atomic E-state index is 14.3. The van der Waals surface area contributed by atoms with Crippen molar-refractivity contribution < 1.29 is 41.9 Å². The number of rotatable bonds is 5. The number of alkyl carbamates (subject to hydrolysis) is 1. The second-order valence-electron chi connectivity index (χ2n) is 15.5. The quantitative estimate of drug-likeness (QED) is 0.377. The number of halogens is 1.